The van der Waals surface area contributed by atoms with Crippen LogP contribution in [0.25, 0.3) is 77.0 Å². The Morgan fingerprint density at radius 2 is 0.841 bits per heavy atom. The summed E-state index contributed by atoms with van der Waals surface area (Å²) in [6.07, 6.45) is 3.87. The molecule has 0 bridgehead atoms. The van der Waals surface area contributed by atoms with Crippen LogP contribution in [0.4, 0.5) is 77.9 Å². The number of nitrogens with one attached hydrogen (secondary N) is 2. The zero-order valence-corrected chi connectivity index (χ0v) is 84.4. The lowest BCUT2D eigenvalue weighted by Crippen LogP contribution is -2.41. The first-order valence-electron chi connectivity index (χ1n) is 45.2. The van der Waals surface area contributed by atoms with Crippen molar-refractivity contribution in [1.29, 1.82) is 0 Å². The van der Waals surface area contributed by atoms with Gasteiger partial charge in [-0.3, -0.25) is 13.7 Å². The average Bonchev–Trinajstić information content (AvgIpc) is 1.57. The van der Waals surface area contributed by atoms with Gasteiger partial charge in [0.25, 0.3) is 30.9 Å². The topological polar surface area (TPSA) is 435 Å². The number of nitrogens with two attached hydrogens (primary N) is 3. The average molecular weight is 2120 g/mol. The van der Waals surface area contributed by atoms with Gasteiger partial charge >= 0.3 is 7.12 Å². The van der Waals surface area contributed by atoms with Crippen LogP contribution < -0.4 is 52.2 Å². The third-order valence-electron chi connectivity index (χ3n) is 23.2. The van der Waals surface area contributed by atoms with Gasteiger partial charge in [0, 0.05) is 82.3 Å². The van der Waals surface area contributed by atoms with Gasteiger partial charge in [-0.05, 0) is 174 Å². The Bertz CT molecular complexity index is 7250. The number of anilines is 7. The normalized spacial score (nSPS) is 15.6. The molecule has 8 N–H and O–H groups in total. The molecule has 20 rings (SSSR count). The fourth-order valence-electron chi connectivity index (χ4n) is 16.0. The first kappa shape index (κ1) is 106. The number of alkyl halides is 6. The highest BCUT2D eigenvalue weighted by Crippen LogP contribution is 2.46. The summed E-state index contributed by atoms with van der Waals surface area (Å²) in [5.41, 5.74) is 27.3. The van der Waals surface area contributed by atoms with Crippen LogP contribution in [0, 0.1) is 13.1 Å². The minimum absolute atomic E-state index is 0.136. The van der Waals surface area contributed by atoms with Gasteiger partial charge in [-0.25, -0.2) is 56.2 Å². The second-order valence-electron chi connectivity index (χ2n) is 33.6. The molecule has 3 unspecified atom stereocenters. The number of imidazole rings is 3. The smallest absolute Gasteiger partial charge is 0.495 e. The summed E-state index contributed by atoms with van der Waals surface area (Å²) in [5.74, 6) is 2.07. The number of pyridine rings is 5. The maximum atomic E-state index is 14.4. The lowest BCUT2D eigenvalue weighted by atomic mass is 9.78. The molecule has 0 amide bonds. The third-order valence-corrected chi connectivity index (χ3v) is 24.3. The molecule has 4 aliphatic rings. The zero-order chi connectivity index (χ0) is 104. The second kappa shape index (κ2) is 47.9. The molecule has 758 valence electrons. The molecule has 3 atom stereocenters. The standard InChI is InChI=1S/C29H27F2N9O2.C22H22ClF2N7O2.C13H20BNO3.C12H11Cl2F2N3O.C10H12N4O.C6H5N3.C3H4BrN3/c1-32-23-11-6-8-17(34-23)14-18-15-21(36-20-10-7-9-19(26(20)41-3)22-16-33-39(2)38-22)25-28(35-18)40(29(37-25)27(30)31)24-12-4-5-13-42-24;1-31-26-11-15(30-31)12-6-5-7-13(19(12)33-2)27-14-10-16(23)28-21-18(14)29-22(20(24)25)32(21)17-8-3-4-9-34-17;1-12(2)13(3,4)18-14(17-12)9-7-6-8-10(15)11(9)16-5;13-6-5-7(14)17-11-9(6)18-12(10(15)16)19(11)8-3-1-2-4-20-8;1-14-12-6-9(13-14)7-4-3-5-8(11)10(7)15-2;1-8-6-4-2-3-5(7)9-6;1-7-5-2-3(4)6-7/h6-11,15-16,24,27H,4-5,12-14H2,2-3H3,(H,35,36);5-7,10-11,17,20H,3-4,8-9H2,1-2H3,(H,27,28);6-8H,15H2,1-5H3;5,8,10H,1-4H2;3-6H,11H2,1-2H3;2-4H,(H2,7,9);2H,1H3. The summed E-state index contributed by atoms with van der Waals surface area (Å²) < 4.78 is 139. The van der Waals surface area contributed by atoms with E-state index in [1.807, 2.05) is 82.3 Å². The number of rotatable bonds is 20. The molecule has 4 fully saturated rings. The minimum Gasteiger partial charge on any atom is -0.495 e. The number of para-hydroxylation sites is 4. The Kier molecular flexibility index (Phi) is 35.1. The summed E-state index contributed by atoms with van der Waals surface area (Å²) in [7, 11) is 12.8. The van der Waals surface area contributed by atoms with Crippen molar-refractivity contribution in [3.05, 3.63) is 224 Å². The largest absolute Gasteiger partial charge is 0.498 e. The van der Waals surface area contributed by atoms with Gasteiger partial charge < -0.3 is 80.0 Å². The van der Waals surface area contributed by atoms with Gasteiger partial charge in [0.1, 0.15) is 78.7 Å². The van der Waals surface area contributed by atoms with Gasteiger partial charge in [-0.15, -0.1) is 15.1 Å². The Morgan fingerprint density at radius 1 is 0.448 bits per heavy atom. The molecule has 50 heteroatoms. The number of ether oxygens (including phenoxy) is 7. The first-order valence-corrected chi connectivity index (χ1v) is 47.1. The van der Waals surface area contributed by atoms with Crippen molar-refractivity contribution in [3.63, 3.8) is 0 Å². The minimum atomic E-state index is -2.84. The number of fused-ring (bicyclic) bond motifs is 3. The molecule has 4 aromatic carbocycles. The number of nitrogen functional groups attached to an aromatic ring is 3. The van der Waals surface area contributed by atoms with Crippen molar-refractivity contribution >= 4 is 148 Å². The monoisotopic (exact) mass is 2110 g/mol. The molecule has 145 heavy (non-hydrogen) atoms. The van der Waals surface area contributed by atoms with Gasteiger partial charge in [-0.1, -0.05) is 90.4 Å². The molecule has 0 saturated carbocycles. The van der Waals surface area contributed by atoms with E-state index >= 15 is 0 Å². The van der Waals surface area contributed by atoms with Crippen molar-refractivity contribution in [1.82, 2.24) is 114 Å². The summed E-state index contributed by atoms with van der Waals surface area (Å²) in [6, 6.07) is 37.0. The van der Waals surface area contributed by atoms with Crippen molar-refractivity contribution in [3.8, 4) is 56.8 Å². The number of aromatic nitrogens is 23. The Hall–Kier alpha value is -14.4. The van der Waals surface area contributed by atoms with Crippen LogP contribution in [-0.2, 0) is 58.1 Å². The number of methoxy groups -OCH3 is 4. The quantitative estimate of drug-likeness (QED) is 0.0155. The Morgan fingerprint density at radius 3 is 1.24 bits per heavy atom. The molecule has 16 aromatic rings. The maximum Gasteiger partial charge on any atom is 0.498 e. The zero-order valence-electron chi connectivity index (χ0n) is 80.5. The third kappa shape index (κ3) is 25.3. The highest BCUT2D eigenvalue weighted by atomic mass is 79.9. The number of hydrogen-bond donors (Lipinski definition) is 5. The molecule has 4 aliphatic heterocycles. The van der Waals surface area contributed by atoms with E-state index in [1.165, 1.54) is 39.0 Å². The fourth-order valence-corrected chi connectivity index (χ4v) is 17.0. The van der Waals surface area contributed by atoms with E-state index in [2.05, 4.69) is 112 Å². The van der Waals surface area contributed by atoms with E-state index < -0.39 is 56.7 Å². The Labute approximate surface area is 851 Å². The SMILES string of the molecule is COc1c(N)cccc1-c1cnn(C)n1.COc1c(N)cccc1B1OC(C)(C)C(C)(C)O1.COc1c(Nc2cc(Cl)nc3c2nc(C(F)F)n3C2CCCCO2)cccc1-c1cnn(C)n1.Cn1ncc(Br)n1.FC(F)c1nc2c(Cl)cc(Cl)nc2n1C1CCCCO1.[C-]#[N+]c1cccc(Cc2cc(Nc3cccc(-c4cnn(C)n4)c3OC)c3nc(C(F)F)n(C4CCCCO4)c3n2)n1.[C-]#[N+]c1cccc(N)n1. The lowest BCUT2D eigenvalue weighted by Gasteiger charge is -2.32. The van der Waals surface area contributed by atoms with E-state index in [0.717, 1.165) is 59.8 Å². The van der Waals surface area contributed by atoms with Crippen LogP contribution in [0.3, 0.4) is 0 Å². The van der Waals surface area contributed by atoms with E-state index in [4.69, 9.17) is 113 Å². The molecule has 39 nitrogen and oxygen atoms in total. The van der Waals surface area contributed by atoms with E-state index in [1.54, 1.807) is 148 Å². The van der Waals surface area contributed by atoms with E-state index in [9.17, 15) is 26.3 Å². The molecule has 0 aliphatic carbocycles. The molecule has 16 heterocycles. The number of hydrogen-bond acceptors (Lipinski definition) is 30. The molecule has 12 aromatic heterocycles. The molecule has 0 radical (unpaired) electrons. The van der Waals surface area contributed by atoms with Gasteiger partial charge in [0.15, 0.2) is 51.7 Å². The van der Waals surface area contributed by atoms with Crippen LogP contribution in [0.1, 0.15) is 152 Å². The highest BCUT2D eigenvalue weighted by molar-refractivity contribution is 9.10. The van der Waals surface area contributed by atoms with Crippen LogP contribution in [0.15, 0.2) is 157 Å². The summed E-state index contributed by atoms with van der Waals surface area (Å²) in [6.45, 7) is 23.4. The van der Waals surface area contributed by atoms with Crippen LogP contribution in [0.2, 0.25) is 15.3 Å². The van der Waals surface area contributed by atoms with Crippen LogP contribution in [-0.4, -0.2) is 180 Å². The predicted octanol–water partition coefficient (Wildman–Crippen LogP) is 20.2. The highest BCUT2D eigenvalue weighted by Gasteiger charge is 2.53. The lowest BCUT2D eigenvalue weighted by molar-refractivity contribution is -0.0363. The number of nitrogens with zero attached hydrogens (tertiary/aromatic N) is 25. The van der Waals surface area contributed by atoms with Crippen LogP contribution in [0.5, 0.6) is 23.0 Å². The van der Waals surface area contributed by atoms with E-state index in [-0.39, 0.29) is 78.1 Å². The summed E-state index contributed by atoms with van der Waals surface area (Å²) >= 11 is 21.3. The van der Waals surface area contributed by atoms with Crippen molar-refractivity contribution in [2.45, 2.75) is 141 Å². The molecule has 4 saturated heterocycles. The summed E-state index contributed by atoms with van der Waals surface area (Å²) in [5, 5.41) is 39.9. The van der Waals surface area contributed by atoms with Gasteiger partial charge in [0.2, 0.25) is 5.82 Å². The fraction of sp³-hybridized carbons (Fsp3) is 0.347. The molecule has 0 spiro atoms. The molecular formula is C95H101BBrCl3F6N30O9. The van der Waals surface area contributed by atoms with Gasteiger partial charge in [-0.2, -0.15) is 54.9 Å². The second-order valence-corrected chi connectivity index (χ2v) is 35.6. The molecular weight excluding hydrogens is 2020 g/mol. The number of aryl methyl sites for hydroxylation is 4. The van der Waals surface area contributed by atoms with Crippen LogP contribution >= 0.6 is 50.7 Å². The van der Waals surface area contributed by atoms with Crippen molar-refractivity contribution in [2.75, 3.05) is 76.1 Å². The van der Waals surface area contributed by atoms with Gasteiger partial charge in [0.05, 0.1) is 116 Å². The predicted molar refractivity (Wildman–Crippen MR) is 539 cm³/mol. The van der Waals surface area contributed by atoms with E-state index in [0.29, 0.717) is 142 Å². The maximum absolute atomic E-state index is 14.4. The summed E-state index contributed by atoms with van der Waals surface area (Å²) in [4.78, 5) is 46.2. The number of halogens is 10. The Balaban J connectivity index is 0.000000144. The van der Waals surface area contributed by atoms with Crippen molar-refractivity contribution in [2.24, 2.45) is 28.2 Å². The first-order chi connectivity index (χ1) is 69.6. The van der Waals surface area contributed by atoms with Crippen molar-refractivity contribution < 1.29 is 68.8 Å². The number of benzene rings is 4.